The predicted molar refractivity (Wildman–Crippen MR) is 84.7 cm³/mol. The maximum absolute atomic E-state index is 5.26. The second-order valence-electron chi connectivity index (χ2n) is 4.56. The van der Waals surface area contributed by atoms with Crippen molar-refractivity contribution in [3.63, 3.8) is 0 Å². The van der Waals surface area contributed by atoms with Gasteiger partial charge < -0.3 is 28.4 Å². The molecule has 2 aliphatic heterocycles. The van der Waals surface area contributed by atoms with Gasteiger partial charge in [-0.3, -0.25) is 0 Å². The third-order valence-electron chi connectivity index (χ3n) is 3.03. The van der Waals surface area contributed by atoms with E-state index in [2.05, 4.69) is 15.9 Å². The van der Waals surface area contributed by atoms with Crippen LogP contribution in [0.4, 0.5) is 0 Å². The Hall–Kier alpha value is -1.96. The van der Waals surface area contributed by atoms with Crippen molar-refractivity contribution in [2.75, 3.05) is 14.2 Å². The highest BCUT2D eigenvalue weighted by Crippen LogP contribution is 2.36. The first-order valence-electron chi connectivity index (χ1n) is 6.80. The molecule has 6 nitrogen and oxygen atoms in total. The predicted octanol–water partition coefficient (Wildman–Crippen LogP) is 3.54. The molecular weight excluding hydrogens is 368 g/mol. The number of hydrogen-bond donors (Lipinski definition) is 0. The Morgan fingerprint density at radius 2 is 1.22 bits per heavy atom. The van der Waals surface area contributed by atoms with Crippen molar-refractivity contribution in [2.24, 2.45) is 0 Å². The molecule has 1 unspecified atom stereocenters. The van der Waals surface area contributed by atoms with Crippen LogP contribution in [0.2, 0.25) is 0 Å². The van der Waals surface area contributed by atoms with Gasteiger partial charge in [0.25, 0.3) is 0 Å². The highest BCUT2D eigenvalue weighted by Gasteiger charge is 2.23. The number of benzene rings is 2. The molecule has 0 aromatic heterocycles. The molecule has 0 radical (unpaired) electrons. The number of hydrogen-bond acceptors (Lipinski definition) is 6. The number of methoxy groups -OCH3 is 2. The topological polar surface area (TPSA) is 55.4 Å². The van der Waals surface area contributed by atoms with Gasteiger partial charge in [-0.25, -0.2) is 0 Å². The standard InChI is InChI=1S/C8H7BrO3.C8H8O3/c1-10-8-11-6-3-2-5(9)4-7(6)12-8;1-9-8-10-6-4-2-3-5-7(6)11-8/h2-4,8H,1H3;2-5,8H,1H3. The fraction of sp³-hybridized carbons (Fsp3) is 0.250. The number of ether oxygens (including phenoxy) is 6. The minimum atomic E-state index is -0.603. The van der Waals surface area contributed by atoms with E-state index < -0.39 is 13.0 Å². The number of halogens is 1. The van der Waals surface area contributed by atoms with Crippen molar-refractivity contribution in [1.29, 1.82) is 0 Å². The van der Waals surface area contributed by atoms with E-state index in [1.165, 1.54) is 14.2 Å². The van der Waals surface area contributed by atoms with E-state index in [4.69, 9.17) is 28.4 Å². The normalized spacial score (nSPS) is 17.6. The molecule has 4 rings (SSSR count). The maximum atomic E-state index is 5.26. The molecule has 122 valence electrons. The highest BCUT2D eigenvalue weighted by atomic mass is 79.9. The molecule has 0 amide bonds. The lowest BCUT2D eigenvalue weighted by molar-refractivity contribution is -0.158. The molecule has 2 heterocycles. The maximum Gasteiger partial charge on any atom is 0.360 e. The first kappa shape index (κ1) is 15.9. The molecule has 2 aromatic rings. The Kier molecular flexibility index (Phi) is 4.90. The molecule has 2 aromatic carbocycles. The fourth-order valence-corrected chi connectivity index (χ4v) is 2.31. The average Bonchev–Trinajstić information content (AvgIpc) is 3.17. The molecule has 0 fully saturated rings. The first-order valence-corrected chi connectivity index (χ1v) is 7.59. The molecule has 0 bridgehead atoms. The van der Waals surface area contributed by atoms with Crippen LogP contribution in [0, 0.1) is 0 Å². The monoisotopic (exact) mass is 382 g/mol. The quantitative estimate of drug-likeness (QED) is 0.791. The third-order valence-corrected chi connectivity index (χ3v) is 3.53. The van der Waals surface area contributed by atoms with Crippen molar-refractivity contribution in [3.05, 3.63) is 46.9 Å². The molecule has 23 heavy (non-hydrogen) atoms. The third kappa shape index (κ3) is 3.69. The van der Waals surface area contributed by atoms with Crippen molar-refractivity contribution >= 4 is 15.9 Å². The zero-order chi connectivity index (χ0) is 16.2. The SMILES string of the molecule is COC1Oc2ccc(Br)cc2O1.COC1Oc2ccccc2O1. The second kappa shape index (κ2) is 7.08. The van der Waals surface area contributed by atoms with E-state index in [1.54, 1.807) is 0 Å². The molecule has 0 spiro atoms. The van der Waals surface area contributed by atoms with Gasteiger partial charge in [0.1, 0.15) is 0 Å². The molecule has 7 heteroatoms. The van der Waals surface area contributed by atoms with Crippen molar-refractivity contribution < 1.29 is 28.4 Å². The second-order valence-corrected chi connectivity index (χ2v) is 5.47. The van der Waals surface area contributed by atoms with Crippen LogP contribution in [0.3, 0.4) is 0 Å². The number of rotatable bonds is 2. The van der Waals surface area contributed by atoms with Crippen molar-refractivity contribution in [2.45, 2.75) is 13.0 Å². The van der Waals surface area contributed by atoms with E-state index in [0.717, 1.165) is 16.0 Å². The minimum Gasteiger partial charge on any atom is -0.428 e. The average molecular weight is 383 g/mol. The van der Waals surface area contributed by atoms with Gasteiger partial charge in [-0.05, 0) is 30.3 Å². The smallest absolute Gasteiger partial charge is 0.360 e. The van der Waals surface area contributed by atoms with Gasteiger partial charge in [-0.1, -0.05) is 28.1 Å². The van der Waals surface area contributed by atoms with Crippen LogP contribution in [-0.4, -0.2) is 27.2 Å². The summed E-state index contributed by atoms with van der Waals surface area (Å²) >= 11 is 3.33. The summed E-state index contributed by atoms with van der Waals surface area (Å²) in [4.78, 5) is 0. The zero-order valence-corrected chi connectivity index (χ0v) is 14.1. The molecule has 0 N–H and O–H groups in total. The summed E-state index contributed by atoms with van der Waals surface area (Å²) in [6.45, 7) is -1.18. The van der Waals surface area contributed by atoms with Gasteiger partial charge in [-0.15, -0.1) is 0 Å². The van der Waals surface area contributed by atoms with Crippen LogP contribution < -0.4 is 18.9 Å². The summed E-state index contributed by atoms with van der Waals surface area (Å²) in [6, 6.07) is 13.0. The zero-order valence-electron chi connectivity index (χ0n) is 12.5. The Morgan fingerprint density at radius 1 is 0.739 bits per heavy atom. The van der Waals surface area contributed by atoms with E-state index in [0.29, 0.717) is 11.5 Å². The Labute approximate surface area is 141 Å². The Balaban J connectivity index is 0.000000136. The lowest BCUT2D eigenvalue weighted by Crippen LogP contribution is -2.19. The van der Waals surface area contributed by atoms with E-state index in [9.17, 15) is 0 Å². The summed E-state index contributed by atoms with van der Waals surface area (Å²) in [6.07, 6.45) is 0. The lowest BCUT2D eigenvalue weighted by Gasteiger charge is -2.05. The first-order chi connectivity index (χ1) is 11.2. The summed E-state index contributed by atoms with van der Waals surface area (Å²) in [5.74, 6) is 2.89. The molecule has 0 saturated carbocycles. The van der Waals surface area contributed by atoms with Gasteiger partial charge in [-0.2, -0.15) is 0 Å². The van der Waals surface area contributed by atoms with Crippen LogP contribution >= 0.6 is 15.9 Å². The molecule has 0 saturated heterocycles. The number of para-hydroxylation sites is 2. The molecule has 0 aliphatic carbocycles. The summed E-state index contributed by atoms with van der Waals surface area (Å²) in [5, 5.41) is 0. The highest BCUT2D eigenvalue weighted by molar-refractivity contribution is 9.10. The summed E-state index contributed by atoms with van der Waals surface area (Å²) in [7, 11) is 3.07. The Bertz CT molecular complexity index is 652. The fourth-order valence-electron chi connectivity index (χ4n) is 1.97. The van der Waals surface area contributed by atoms with Crippen molar-refractivity contribution in [1.82, 2.24) is 0 Å². The molecule has 1 atom stereocenters. The van der Waals surface area contributed by atoms with Crippen LogP contribution in [0.5, 0.6) is 23.0 Å². The van der Waals surface area contributed by atoms with Crippen LogP contribution in [-0.2, 0) is 9.47 Å². The van der Waals surface area contributed by atoms with Gasteiger partial charge in [0.2, 0.25) is 0 Å². The van der Waals surface area contributed by atoms with Crippen molar-refractivity contribution in [3.8, 4) is 23.0 Å². The van der Waals surface area contributed by atoms with Gasteiger partial charge >= 0.3 is 13.0 Å². The number of fused-ring (bicyclic) bond motifs is 2. The molecular formula is C16H15BrO6. The van der Waals surface area contributed by atoms with E-state index in [-0.39, 0.29) is 0 Å². The van der Waals surface area contributed by atoms with Crippen LogP contribution in [0.1, 0.15) is 0 Å². The largest absolute Gasteiger partial charge is 0.428 e. The Morgan fingerprint density at radius 3 is 1.74 bits per heavy atom. The van der Waals surface area contributed by atoms with Gasteiger partial charge in [0, 0.05) is 18.7 Å². The lowest BCUT2D eigenvalue weighted by atomic mass is 10.3. The minimum absolute atomic E-state index is 0.576. The van der Waals surface area contributed by atoms with E-state index >= 15 is 0 Å². The van der Waals surface area contributed by atoms with Crippen LogP contribution in [0.15, 0.2) is 46.9 Å². The van der Waals surface area contributed by atoms with E-state index in [1.807, 2.05) is 42.5 Å². The van der Waals surface area contributed by atoms with Gasteiger partial charge in [0.05, 0.1) is 0 Å². The summed E-state index contributed by atoms with van der Waals surface area (Å²) in [5.41, 5.74) is 0. The van der Waals surface area contributed by atoms with Crippen LogP contribution in [0.25, 0.3) is 0 Å². The van der Waals surface area contributed by atoms with Gasteiger partial charge in [0.15, 0.2) is 23.0 Å². The molecule has 2 aliphatic rings. The summed E-state index contributed by atoms with van der Waals surface area (Å²) < 4.78 is 31.6.